The number of ether oxygens (including phenoxy) is 3. The van der Waals surface area contributed by atoms with Crippen LogP contribution in [-0.2, 0) is 41.6 Å². The number of phenolic OH excluding ortho intramolecular Hbond substituents is 1. The van der Waals surface area contributed by atoms with E-state index in [0.717, 1.165) is 5.56 Å². The summed E-state index contributed by atoms with van der Waals surface area (Å²) in [5, 5.41) is 21.3. The summed E-state index contributed by atoms with van der Waals surface area (Å²) >= 11 is 0. The number of alkyl carbamates (subject to hydrolysis) is 2. The number of esters is 1. The van der Waals surface area contributed by atoms with Crippen LogP contribution < -0.4 is 21.3 Å². The van der Waals surface area contributed by atoms with E-state index in [0.29, 0.717) is 5.56 Å². The maximum atomic E-state index is 13.4. The van der Waals surface area contributed by atoms with Crippen LogP contribution in [0.5, 0.6) is 5.75 Å². The van der Waals surface area contributed by atoms with E-state index < -0.39 is 65.2 Å². The van der Waals surface area contributed by atoms with Gasteiger partial charge in [0.25, 0.3) is 0 Å². The topological polar surface area (TPSA) is 181 Å². The molecule has 0 heterocycles. The van der Waals surface area contributed by atoms with Gasteiger partial charge in [-0.3, -0.25) is 14.4 Å². The number of aromatic hydroxyl groups is 1. The summed E-state index contributed by atoms with van der Waals surface area (Å²) in [6.45, 7) is 17.2. The maximum Gasteiger partial charge on any atom is 0.408 e. The summed E-state index contributed by atoms with van der Waals surface area (Å²) < 4.78 is 16.2. The standard InChI is InChI=1S/C37H54N4O9/c1-22(2)30(41-31(43)24(4)38-34(46)48-21-25-14-12-11-13-15-25)32(44)40-28-20-26(16-17-29(28)42)19-27(39-35(47)50-37(8,9)10)18-23(3)33(45)49-36(5,6)7/h11-17,20,22-24,27,30,42H,18-19,21H2,1-10H3,(H,38,46)(H,39,47)(H,40,44)(H,41,43)/t23-,24?,27+,30?/m0/s1. The molecule has 0 saturated carbocycles. The molecule has 4 amide bonds. The third-order valence-electron chi connectivity index (χ3n) is 7.16. The van der Waals surface area contributed by atoms with Crippen LogP contribution in [0.1, 0.15) is 86.8 Å². The maximum absolute atomic E-state index is 13.4. The smallest absolute Gasteiger partial charge is 0.408 e. The summed E-state index contributed by atoms with van der Waals surface area (Å²) in [6, 6.07) is 11.1. The van der Waals surface area contributed by atoms with Gasteiger partial charge in [0.1, 0.15) is 35.6 Å². The highest BCUT2D eigenvalue weighted by atomic mass is 16.6. The van der Waals surface area contributed by atoms with Crippen molar-refractivity contribution >= 4 is 35.7 Å². The summed E-state index contributed by atoms with van der Waals surface area (Å²) in [5.74, 6) is -2.76. The second-order valence-electron chi connectivity index (χ2n) is 14.7. The van der Waals surface area contributed by atoms with Crippen molar-refractivity contribution in [3.8, 4) is 5.75 Å². The molecule has 2 aromatic rings. The van der Waals surface area contributed by atoms with Gasteiger partial charge in [-0.05, 0) is 90.5 Å². The molecule has 0 saturated heterocycles. The molecule has 0 bridgehead atoms. The number of phenols is 1. The monoisotopic (exact) mass is 698 g/mol. The van der Waals surface area contributed by atoms with Gasteiger partial charge < -0.3 is 40.6 Å². The van der Waals surface area contributed by atoms with Crippen LogP contribution >= 0.6 is 0 Å². The van der Waals surface area contributed by atoms with Gasteiger partial charge in [-0.25, -0.2) is 9.59 Å². The first kappa shape index (κ1) is 41.4. The number of carbonyl (C=O) groups is 5. The van der Waals surface area contributed by atoms with Gasteiger partial charge in [0, 0.05) is 6.04 Å². The Labute approximate surface area is 295 Å². The molecule has 0 spiro atoms. The molecule has 276 valence electrons. The Morgan fingerprint density at radius 2 is 1.36 bits per heavy atom. The van der Waals surface area contributed by atoms with Crippen molar-refractivity contribution in [2.24, 2.45) is 11.8 Å². The Bertz CT molecular complexity index is 1470. The molecule has 0 aliphatic heterocycles. The second-order valence-corrected chi connectivity index (χ2v) is 14.7. The zero-order valence-corrected chi connectivity index (χ0v) is 30.8. The van der Waals surface area contributed by atoms with Gasteiger partial charge in [0.05, 0.1) is 11.6 Å². The quantitative estimate of drug-likeness (QED) is 0.0955. The molecule has 0 radical (unpaired) electrons. The highest BCUT2D eigenvalue weighted by molar-refractivity contribution is 5.99. The SMILES string of the molecule is CC(NC(=O)OCc1ccccc1)C(=O)NC(C(=O)Nc1cc(C[C@@H](C[C@H](C)C(=O)OC(C)(C)C)NC(=O)OC(C)(C)C)ccc1O)C(C)C. The van der Waals surface area contributed by atoms with Gasteiger partial charge in [-0.1, -0.05) is 57.2 Å². The van der Waals surface area contributed by atoms with Crippen molar-refractivity contribution in [2.45, 2.75) is 118 Å². The average Bonchev–Trinajstić information content (AvgIpc) is 2.98. The zero-order chi connectivity index (χ0) is 37.8. The largest absolute Gasteiger partial charge is 0.506 e. The molecule has 13 heteroatoms. The van der Waals surface area contributed by atoms with E-state index in [4.69, 9.17) is 14.2 Å². The lowest BCUT2D eigenvalue weighted by Gasteiger charge is -2.27. The number of rotatable bonds is 14. The number of nitrogens with one attached hydrogen (secondary N) is 4. The van der Waals surface area contributed by atoms with Crippen LogP contribution in [-0.4, -0.2) is 64.4 Å². The van der Waals surface area contributed by atoms with E-state index in [1.54, 1.807) is 86.6 Å². The lowest BCUT2D eigenvalue weighted by atomic mass is 9.95. The molecule has 2 rings (SSSR count). The predicted octanol–water partition coefficient (Wildman–Crippen LogP) is 5.59. The molecule has 50 heavy (non-hydrogen) atoms. The molecular weight excluding hydrogens is 644 g/mol. The lowest BCUT2D eigenvalue weighted by molar-refractivity contribution is -0.159. The average molecular weight is 699 g/mol. The van der Waals surface area contributed by atoms with Crippen molar-refractivity contribution in [3.63, 3.8) is 0 Å². The minimum absolute atomic E-state index is 0.0289. The molecule has 2 aromatic carbocycles. The molecule has 2 unspecified atom stereocenters. The van der Waals surface area contributed by atoms with Gasteiger partial charge in [0.2, 0.25) is 11.8 Å². The van der Waals surface area contributed by atoms with E-state index in [-0.39, 0.29) is 36.8 Å². The Morgan fingerprint density at radius 1 is 0.740 bits per heavy atom. The normalized spacial score (nSPS) is 14.0. The minimum Gasteiger partial charge on any atom is -0.506 e. The third kappa shape index (κ3) is 15.2. The van der Waals surface area contributed by atoms with E-state index in [9.17, 15) is 29.1 Å². The summed E-state index contributed by atoms with van der Waals surface area (Å²) in [5.41, 5.74) is 0.0730. The molecule has 0 fully saturated rings. The van der Waals surface area contributed by atoms with Crippen molar-refractivity contribution in [1.29, 1.82) is 0 Å². The van der Waals surface area contributed by atoms with Crippen LogP contribution in [0.3, 0.4) is 0 Å². The molecule has 13 nitrogen and oxygen atoms in total. The fourth-order valence-electron chi connectivity index (χ4n) is 4.72. The summed E-state index contributed by atoms with van der Waals surface area (Å²) in [6.07, 6.45) is -0.994. The lowest BCUT2D eigenvalue weighted by Crippen LogP contribution is -2.53. The van der Waals surface area contributed by atoms with Crippen LogP contribution in [0.15, 0.2) is 48.5 Å². The van der Waals surface area contributed by atoms with E-state index in [2.05, 4.69) is 21.3 Å². The van der Waals surface area contributed by atoms with E-state index in [1.807, 2.05) is 18.2 Å². The molecule has 0 aliphatic rings. The van der Waals surface area contributed by atoms with E-state index in [1.165, 1.54) is 13.0 Å². The summed E-state index contributed by atoms with van der Waals surface area (Å²) in [4.78, 5) is 64.1. The zero-order valence-electron chi connectivity index (χ0n) is 30.8. The number of benzene rings is 2. The highest BCUT2D eigenvalue weighted by Crippen LogP contribution is 2.27. The first-order valence-electron chi connectivity index (χ1n) is 16.8. The minimum atomic E-state index is -1.02. The molecule has 0 aromatic heterocycles. The van der Waals surface area contributed by atoms with E-state index >= 15 is 0 Å². The van der Waals surface area contributed by atoms with Crippen molar-refractivity contribution < 1.29 is 43.3 Å². The Hall–Kier alpha value is -4.81. The van der Waals surface area contributed by atoms with Crippen LogP contribution in [0.2, 0.25) is 0 Å². The fraction of sp³-hybridized carbons (Fsp3) is 0.541. The van der Waals surface area contributed by atoms with Gasteiger partial charge in [0.15, 0.2) is 0 Å². The number of hydrogen-bond donors (Lipinski definition) is 5. The van der Waals surface area contributed by atoms with Crippen LogP contribution in [0, 0.1) is 11.8 Å². The number of amides is 4. The van der Waals surface area contributed by atoms with Gasteiger partial charge in [-0.2, -0.15) is 0 Å². The Kier molecular flexibility index (Phi) is 15.1. The Morgan fingerprint density at radius 3 is 1.94 bits per heavy atom. The molecule has 5 N–H and O–H groups in total. The van der Waals surface area contributed by atoms with Crippen LogP contribution in [0.4, 0.5) is 15.3 Å². The molecule has 4 atom stereocenters. The number of carbonyl (C=O) groups excluding carboxylic acids is 5. The number of hydrogen-bond acceptors (Lipinski definition) is 9. The summed E-state index contributed by atoms with van der Waals surface area (Å²) in [7, 11) is 0. The van der Waals surface area contributed by atoms with Crippen LogP contribution in [0.25, 0.3) is 0 Å². The van der Waals surface area contributed by atoms with Gasteiger partial charge >= 0.3 is 18.2 Å². The second kappa shape index (κ2) is 18.3. The number of anilines is 1. The Balaban J connectivity index is 2.14. The molecule has 0 aliphatic carbocycles. The first-order valence-corrected chi connectivity index (χ1v) is 16.8. The first-order chi connectivity index (χ1) is 23.1. The third-order valence-corrected chi connectivity index (χ3v) is 7.16. The van der Waals surface area contributed by atoms with Gasteiger partial charge in [-0.15, -0.1) is 0 Å². The van der Waals surface area contributed by atoms with Crippen molar-refractivity contribution in [2.75, 3.05) is 5.32 Å². The fourth-order valence-corrected chi connectivity index (χ4v) is 4.72. The predicted molar refractivity (Wildman–Crippen MR) is 189 cm³/mol. The van der Waals surface area contributed by atoms with Crippen molar-refractivity contribution in [1.82, 2.24) is 16.0 Å². The highest BCUT2D eigenvalue weighted by Gasteiger charge is 2.29. The van der Waals surface area contributed by atoms with Crippen molar-refractivity contribution in [3.05, 3.63) is 59.7 Å². The molecular formula is C37H54N4O9.